The summed E-state index contributed by atoms with van der Waals surface area (Å²) in [6.45, 7) is 3.27. The first kappa shape index (κ1) is 22.3. The molecule has 1 aliphatic rings. The lowest BCUT2D eigenvalue weighted by molar-refractivity contribution is -0.118. The monoisotopic (exact) mass is 451 g/mol. The summed E-state index contributed by atoms with van der Waals surface area (Å²) in [5.41, 5.74) is 1.68. The molecule has 1 amide bonds. The third-order valence-corrected chi connectivity index (χ3v) is 6.53. The summed E-state index contributed by atoms with van der Waals surface area (Å²) < 4.78 is 7.80. The normalized spacial score (nSPS) is 14.3. The summed E-state index contributed by atoms with van der Waals surface area (Å²) in [6.07, 6.45) is 9.77. The van der Waals surface area contributed by atoms with E-state index < -0.39 is 0 Å². The first-order valence-electron chi connectivity index (χ1n) is 11.2. The molecule has 0 saturated heterocycles. The predicted molar refractivity (Wildman–Crippen MR) is 126 cm³/mol. The molecule has 1 aliphatic carbocycles. The summed E-state index contributed by atoms with van der Waals surface area (Å²) in [7, 11) is 0. The van der Waals surface area contributed by atoms with Crippen LogP contribution in [0.3, 0.4) is 0 Å². The standard InChI is InChI=1S/C24H29N5O2S/c1-2-31-21-13-7-6-12-20(21)29-23(19-11-8-14-25-16-19)27-28-24(29)32-17-22(30)26-15-18-9-4-3-5-10-18/h6-8,11-14,16,18H,2-5,9-10,15,17H2,1H3,(H,26,30). The van der Waals surface area contributed by atoms with E-state index in [0.29, 0.717) is 23.5 Å². The number of rotatable bonds is 9. The first-order chi connectivity index (χ1) is 15.8. The average molecular weight is 452 g/mol. The highest BCUT2D eigenvalue weighted by atomic mass is 32.2. The second-order valence-electron chi connectivity index (χ2n) is 7.88. The lowest BCUT2D eigenvalue weighted by atomic mass is 9.89. The van der Waals surface area contributed by atoms with E-state index in [1.807, 2.05) is 47.9 Å². The van der Waals surface area contributed by atoms with E-state index in [1.54, 1.807) is 12.4 Å². The van der Waals surface area contributed by atoms with Crippen molar-refractivity contribution in [1.29, 1.82) is 0 Å². The van der Waals surface area contributed by atoms with E-state index in [-0.39, 0.29) is 11.7 Å². The number of amides is 1. The van der Waals surface area contributed by atoms with Gasteiger partial charge >= 0.3 is 0 Å². The maximum atomic E-state index is 12.5. The molecule has 0 unspecified atom stereocenters. The predicted octanol–water partition coefficient (Wildman–Crippen LogP) is 4.52. The van der Waals surface area contributed by atoms with Crippen LogP contribution in [0.4, 0.5) is 0 Å². The van der Waals surface area contributed by atoms with E-state index in [4.69, 9.17) is 4.74 Å². The molecule has 32 heavy (non-hydrogen) atoms. The highest BCUT2D eigenvalue weighted by molar-refractivity contribution is 7.99. The van der Waals surface area contributed by atoms with Gasteiger partial charge in [0.25, 0.3) is 0 Å². The number of carbonyl (C=O) groups is 1. The van der Waals surface area contributed by atoms with Crippen molar-refractivity contribution in [2.24, 2.45) is 5.92 Å². The number of para-hydroxylation sites is 2. The lowest BCUT2D eigenvalue weighted by Gasteiger charge is -2.21. The Balaban J connectivity index is 1.54. The quantitative estimate of drug-likeness (QED) is 0.482. The lowest BCUT2D eigenvalue weighted by Crippen LogP contribution is -2.31. The van der Waals surface area contributed by atoms with Gasteiger partial charge in [0, 0.05) is 24.5 Å². The minimum absolute atomic E-state index is 0.0242. The SMILES string of the molecule is CCOc1ccccc1-n1c(SCC(=O)NCC2CCCCC2)nnc1-c1cccnc1. The fourth-order valence-electron chi connectivity index (χ4n) is 4.01. The van der Waals surface area contributed by atoms with E-state index in [0.717, 1.165) is 23.5 Å². The van der Waals surface area contributed by atoms with E-state index in [2.05, 4.69) is 20.5 Å². The van der Waals surface area contributed by atoms with Crippen molar-refractivity contribution in [3.05, 3.63) is 48.8 Å². The van der Waals surface area contributed by atoms with E-state index in [1.165, 1.54) is 43.9 Å². The van der Waals surface area contributed by atoms with Crippen molar-refractivity contribution >= 4 is 17.7 Å². The minimum atomic E-state index is 0.0242. The van der Waals surface area contributed by atoms with Crippen LogP contribution in [0.2, 0.25) is 0 Å². The number of nitrogens with one attached hydrogen (secondary N) is 1. The summed E-state index contributed by atoms with van der Waals surface area (Å²) in [6, 6.07) is 11.6. The summed E-state index contributed by atoms with van der Waals surface area (Å²) in [5.74, 6) is 2.32. The molecule has 0 atom stereocenters. The minimum Gasteiger partial charge on any atom is -0.492 e. The van der Waals surface area contributed by atoms with Crippen molar-refractivity contribution in [1.82, 2.24) is 25.1 Å². The van der Waals surface area contributed by atoms with Gasteiger partial charge in [-0.05, 0) is 49.9 Å². The molecule has 0 bridgehead atoms. The number of ether oxygens (including phenoxy) is 1. The molecule has 168 valence electrons. The van der Waals surface area contributed by atoms with Crippen LogP contribution in [0.15, 0.2) is 53.9 Å². The van der Waals surface area contributed by atoms with Gasteiger partial charge < -0.3 is 10.1 Å². The second-order valence-corrected chi connectivity index (χ2v) is 8.82. The van der Waals surface area contributed by atoms with Gasteiger partial charge in [-0.15, -0.1) is 10.2 Å². The van der Waals surface area contributed by atoms with Crippen molar-refractivity contribution in [3.8, 4) is 22.8 Å². The van der Waals surface area contributed by atoms with Crippen molar-refractivity contribution in [2.45, 2.75) is 44.2 Å². The molecule has 7 nitrogen and oxygen atoms in total. The Hall–Kier alpha value is -2.87. The van der Waals surface area contributed by atoms with Crippen LogP contribution >= 0.6 is 11.8 Å². The van der Waals surface area contributed by atoms with Crippen molar-refractivity contribution < 1.29 is 9.53 Å². The Morgan fingerprint density at radius 1 is 1.16 bits per heavy atom. The van der Waals surface area contributed by atoms with Gasteiger partial charge in [-0.25, -0.2) is 0 Å². The number of nitrogens with zero attached hydrogens (tertiary/aromatic N) is 4. The molecular weight excluding hydrogens is 422 g/mol. The molecule has 1 fully saturated rings. The molecule has 2 aromatic heterocycles. The number of carbonyl (C=O) groups excluding carboxylic acids is 1. The molecule has 0 aliphatic heterocycles. The molecule has 0 spiro atoms. The van der Waals surface area contributed by atoms with E-state index >= 15 is 0 Å². The van der Waals surface area contributed by atoms with Crippen molar-refractivity contribution in [3.63, 3.8) is 0 Å². The van der Waals surface area contributed by atoms with Crippen molar-refractivity contribution in [2.75, 3.05) is 18.9 Å². The van der Waals surface area contributed by atoms with Crippen LogP contribution in [0.1, 0.15) is 39.0 Å². The first-order valence-corrected chi connectivity index (χ1v) is 12.2. The Labute approximate surface area is 193 Å². The molecule has 1 N–H and O–H groups in total. The number of aromatic nitrogens is 4. The summed E-state index contributed by atoms with van der Waals surface area (Å²) in [4.78, 5) is 16.8. The molecule has 1 aromatic carbocycles. The largest absolute Gasteiger partial charge is 0.492 e. The Kier molecular flexibility index (Phi) is 7.77. The van der Waals surface area contributed by atoms with Gasteiger partial charge in [-0.1, -0.05) is 43.2 Å². The molecule has 0 radical (unpaired) electrons. The third-order valence-electron chi connectivity index (χ3n) is 5.60. The smallest absolute Gasteiger partial charge is 0.230 e. The molecule has 1 saturated carbocycles. The molecule has 2 heterocycles. The molecular formula is C24H29N5O2S. The van der Waals surface area contributed by atoms with Crippen LogP contribution in [0.25, 0.3) is 17.1 Å². The Morgan fingerprint density at radius 3 is 2.78 bits per heavy atom. The van der Waals surface area contributed by atoms with Gasteiger partial charge in [-0.3, -0.25) is 14.3 Å². The molecule has 8 heteroatoms. The fourth-order valence-corrected chi connectivity index (χ4v) is 4.79. The summed E-state index contributed by atoms with van der Waals surface area (Å²) in [5, 5.41) is 12.6. The Morgan fingerprint density at radius 2 is 2.00 bits per heavy atom. The number of pyridine rings is 1. The highest BCUT2D eigenvalue weighted by Crippen LogP contribution is 2.32. The number of hydrogen-bond donors (Lipinski definition) is 1. The number of benzene rings is 1. The Bertz CT molecular complexity index is 1020. The molecule has 4 rings (SSSR count). The maximum absolute atomic E-state index is 12.5. The van der Waals surface area contributed by atoms with Crippen LogP contribution in [0, 0.1) is 5.92 Å². The summed E-state index contributed by atoms with van der Waals surface area (Å²) >= 11 is 1.38. The average Bonchev–Trinajstić information content (AvgIpc) is 3.27. The van der Waals surface area contributed by atoms with Crippen LogP contribution < -0.4 is 10.1 Å². The zero-order valence-electron chi connectivity index (χ0n) is 18.4. The van der Waals surface area contributed by atoms with Crippen LogP contribution in [0.5, 0.6) is 5.75 Å². The number of thioether (sulfide) groups is 1. The zero-order chi connectivity index (χ0) is 22.2. The van der Waals surface area contributed by atoms with Gasteiger partial charge in [0.05, 0.1) is 18.0 Å². The number of hydrogen-bond acceptors (Lipinski definition) is 6. The zero-order valence-corrected chi connectivity index (χ0v) is 19.2. The molecule has 3 aromatic rings. The van der Waals surface area contributed by atoms with Gasteiger partial charge in [0.2, 0.25) is 5.91 Å². The maximum Gasteiger partial charge on any atom is 0.230 e. The highest BCUT2D eigenvalue weighted by Gasteiger charge is 2.20. The van der Waals surface area contributed by atoms with Crippen LogP contribution in [-0.2, 0) is 4.79 Å². The third kappa shape index (κ3) is 5.48. The van der Waals surface area contributed by atoms with E-state index in [9.17, 15) is 4.79 Å². The van der Waals surface area contributed by atoms with Gasteiger partial charge in [0.15, 0.2) is 11.0 Å². The van der Waals surface area contributed by atoms with Crippen LogP contribution in [-0.4, -0.2) is 44.6 Å². The fraction of sp³-hybridized carbons (Fsp3) is 0.417. The van der Waals surface area contributed by atoms with Gasteiger partial charge in [-0.2, -0.15) is 0 Å². The second kappa shape index (κ2) is 11.1. The van der Waals surface area contributed by atoms with Gasteiger partial charge in [0.1, 0.15) is 5.75 Å². The topological polar surface area (TPSA) is 81.9 Å².